The molecule has 2 aromatic heterocycles. The molecule has 0 amide bonds. The van der Waals surface area contributed by atoms with E-state index in [1.165, 1.54) is 11.3 Å². The molecule has 0 saturated carbocycles. The van der Waals surface area contributed by atoms with Crippen LogP contribution in [0.5, 0.6) is 0 Å². The minimum absolute atomic E-state index is 0.400. The topological polar surface area (TPSA) is 67.2 Å². The molecular weight excluding hydrogens is 238 g/mol. The van der Waals surface area contributed by atoms with Gasteiger partial charge in [0.2, 0.25) is 0 Å². The Labute approximate surface area is 103 Å². The van der Waals surface area contributed by atoms with E-state index in [4.69, 9.17) is 5.11 Å². The smallest absolute Gasteiger partial charge is 0.346 e. The second-order valence-electron chi connectivity index (χ2n) is 3.64. The summed E-state index contributed by atoms with van der Waals surface area (Å²) in [5.41, 5.74) is 0.816. The monoisotopic (exact) mass is 251 g/mol. The summed E-state index contributed by atoms with van der Waals surface area (Å²) in [6.45, 7) is 1.16. The van der Waals surface area contributed by atoms with Crippen LogP contribution in [0, 0.1) is 0 Å². The summed E-state index contributed by atoms with van der Waals surface area (Å²) in [4.78, 5) is 15.5. The lowest BCUT2D eigenvalue weighted by Gasteiger charge is -2.04. The van der Waals surface area contributed by atoms with Crippen LogP contribution in [0.4, 0.5) is 0 Å². The van der Waals surface area contributed by atoms with E-state index < -0.39 is 5.97 Å². The van der Waals surface area contributed by atoms with E-state index in [0.717, 1.165) is 11.4 Å². The Bertz CT molecular complexity index is 518. The third-order valence-electron chi connectivity index (χ3n) is 2.46. The number of aromatic nitrogens is 2. The molecule has 0 atom stereocenters. The van der Waals surface area contributed by atoms with Crippen LogP contribution in [0.1, 0.15) is 21.1 Å². The van der Waals surface area contributed by atoms with Gasteiger partial charge in [0.05, 0.1) is 6.54 Å². The Morgan fingerprint density at radius 1 is 1.59 bits per heavy atom. The maximum atomic E-state index is 10.9. The molecule has 0 radical (unpaired) electrons. The van der Waals surface area contributed by atoms with Crippen molar-refractivity contribution in [2.45, 2.75) is 13.1 Å². The van der Waals surface area contributed by atoms with Gasteiger partial charge in [-0.1, -0.05) is 0 Å². The summed E-state index contributed by atoms with van der Waals surface area (Å²) in [6, 6.07) is 1.83. The standard InChI is InChI=1S/C11H13N3O2S/c1-14-4-3-13-9(14)7-12-6-8-2-5-17-10(8)11(15)16/h2-5,12H,6-7H2,1H3,(H,15,16). The number of carboxylic acids is 1. The second kappa shape index (κ2) is 5.11. The van der Waals surface area contributed by atoms with Gasteiger partial charge in [-0.3, -0.25) is 0 Å². The number of hydrogen-bond acceptors (Lipinski definition) is 4. The largest absolute Gasteiger partial charge is 0.477 e. The number of imidazole rings is 1. The van der Waals surface area contributed by atoms with Gasteiger partial charge < -0.3 is 15.0 Å². The van der Waals surface area contributed by atoms with Gasteiger partial charge in [0.1, 0.15) is 10.7 Å². The van der Waals surface area contributed by atoms with Gasteiger partial charge in [0, 0.05) is 26.0 Å². The van der Waals surface area contributed by atoms with Crippen molar-refractivity contribution in [3.63, 3.8) is 0 Å². The highest BCUT2D eigenvalue weighted by Gasteiger charge is 2.10. The second-order valence-corrected chi connectivity index (χ2v) is 4.55. The summed E-state index contributed by atoms with van der Waals surface area (Å²) >= 11 is 1.25. The average Bonchev–Trinajstić information content (AvgIpc) is 2.88. The van der Waals surface area contributed by atoms with Crippen LogP contribution >= 0.6 is 11.3 Å². The third kappa shape index (κ3) is 2.72. The van der Waals surface area contributed by atoms with Crippen molar-refractivity contribution in [1.82, 2.24) is 14.9 Å². The molecule has 0 bridgehead atoms. The highest BCUT2D eigenvalue weighted by atomic mass is 32.1. The van der Waals surface area contributed by atoms with Crippen LogP contribution in [0.25, 0.3) is 0 Å². The van der Waals surface area contributed by atoms with Gasteiger partial charge in [0.15, 0.2) is 0 Å². The average molecular weight is 251 g/mol. The molecule has 0 fully saturated rings. The summed E-state index contributed by atoms with van der Waals surface area (Å²) in [5.74, 6) is 0.0610. The number of carbonyl (C=O) groups is 1. The number of hydrogen-bond donors (Lipinski definition) is 2. The van der Waals surface area contributed by atoms with Crippen molar-refractivity contribution >= 4 is 17.3 Å². The fourth-order valence-electron chi connectivity index (χ4n) is 1.54. The molecule has 2 aromatic rings. The zero-order valence-electron chi connectivity index (χ0n) is 9.38. The molecule has 2 heterocycles. The van der Waals surface area contributed by atoms with Gasteiger partial charge in [-0.2, -0.15) is 0 Å². The van der Waals surface area contributed by atoms with Crippen molar-refractivity contribution in [3.05, 3.63) is 40.1 Å². The van der Waals surface area contributed by atoms with Crippen LogP contribution in [0.15, 0.2) is 23.8 Å². The molecular formula is C11H13N3O2S. The summed E-state index contributed by atoms with van der Waals surface area (Å²) < 4.78 is 1.93. The van der Waals surface area contributed by atoms with E-state index >= 15 is 0 Å². The van der Waals surface area contributed by atoms with E-state index in [-0.39, 0.29) is 0 Å². The molecule has 0 aliphatic carbocycles. The molecule has 0 unspecified atom stereocenters. The number of carboxylic acid groups (broad SMARTS) is 1. The molecule has 0 aliphatic heterocycles. The lowest BCUT2D eigenvalue weighted by molar-refractivity contribution is 0.0701. The fraction of sp³-hybridized carbons (Fsp3) is 0.273. The lowest BCUT2D eigenvalue weighted by Crippen LogP contribution is -2.16. The molecule has 2 rings (SSSR count). The molecule has 17 heavy (non-hydrogen) atoms. The highest BCUT2D eigenvalue weighted by Crippen LogP contribution is 2.16. The van der Waals surface area contributed by atoms with Gasteiger partial charge in [-0.05, 0) is 17.0 Å². The summed E-state index contributed by atoms with van der Waals surface area (Å²) in [6.07, 6.45) is 3.62. The number of aryl methyl sites for hydroxylation is 1. The number of thiophene rings is 1. The van der Waals surface area contributed by atoms with Crippen LogP contribution < -0.4 is 5.32 Å². The van der Waals surface area contributed by atoms with E-state index in [9.17, 15) is 4.79 Å². The van der Waals surface area contributed by atoms with Gasteiger partial charge in [-0.25, -0.2) is 9.78 Å². The minimum atomic E-state index is -0.867. The van der Waals surface area contributed by atoms with Crippen molar-refractivity contribution in [2.75, 3.05) is 0 Å². The van der Waals surface area contributed by atoms with E-state index in [2.05, 4.69) is 10.3 Å². The molecule has 0 saturated heterocycles. The van der Waals surface area contributed by atoms with Crippen LogP contribution in [-0.4, -0.2) is 20.6 Å². The Balaban J connectivity index is 1.92. The first-order valence-electron chi connectivity index (χ1n) is 5.15. The first-order chi connectivity index (χ1) is 8.18. The first kappa shape index (κ1) is 11.8. The molecule has 6 heteroatoms. The Morgan fingerprint density at radius 3 is 3.06 bits per heavy atom. The first-order valence-corrected chi connectivity index (χ1v) is 6.03. The Kier molecular flexibility index (Phi) is 3.55. The van der Waals surface area contributed by atoms with Crippen molar-refractivity contribution in [3.8, 4) is 0 Å². The quantitative estimate of drug-likeness (QED) is 0.844. The molecule has 0 aromatic carbocycles. The third-order valence-corrected chi connectivity index (χ3v) is 3.41. The van der Waals surface area contributed by atoms with Gasteiger partial charge in [-0.15, -0.1) is 11.3 Å². The number of aromatic carboxylic acids is 1. The lowest BCUT2D eigenvalue weighted by atomic mass is 10.2. The number of nitrogens with one attached hydrogen (secondary N) is 1. The van der Waals surface area contributed by atoms with Crippen LogP contribution in [0.3, 0.4) is 0 Å². The maximum absolute atomic E-state index is 10.9. The van der Waals surface area contributed by atoms with Crippen molar-refractivity contribution in [1.29, 1.82) is 0 Å². The van der Waals surface area contributed by atoms with Crippen LogP contribution in [0.2, 0.25) is 0 Å². The van der Waals surface area contributed by atoms with E-state index in [1.807, 2.05) is 23.9 Å². The van der Waals surface area contributed by atoms with Crippen LogP contribution in [-0.2, 0) is 20.1 Å². The summed E-state index contributed by atoms with van der Waals surface area (Å²) in [7, 11) is 1.93. The number of nitrogens with zero attached hydrogens (tertiary/aromatic N) is 2. The molecule has 2 N–H and O–H groups in total. The Morgan fingerprint density at radius 2 is 2.41 bits per heavy atom. The highest BCUT2D eigenvalue weighted by molar-refractivity contribution is 7.12. The minimum Gasteiger partial charge on any atom is -0.477 e. The number of rotatable bonds is 5. The molecule has 90 valence electrons. The van der Waals surface area contributed by atoms with Crippen molar-refractivity contribution < 1.29 is 9.90 Å². The summed E-state index contributed by atoms with van der Waals surface area (Å²) in [5, 5.41) is 13.9. The van der Waals surface area contributed by atoms with E-state index in [1.54, 1.807) is 11.6 Å². The Hall–Kier alpha value is -1.66. The predicted molar refractivity (Wildman–Crippen MR) is 65.0 cm³/mol. The SMILES string of the molecule is Cn1ccnc1CNCc1ccsc1C(=O)O. The van der Waals surface area contributed by atoms with Crippen molar-refractivity contribution in [2.24, 2.45) is 7.05 Å². The maximum Gasteiger partial charge on any atom is 0.346 e. The zero-order valence-corrected chi connectivity index (χ0v) is 10.2. The fourth-order valence-corrected chi connectivity index (χ4v) is 2.30. The predicted octanol–water partition coefficient (Wildman–Crippen LogP) is 1.47. The van der Waals surface area contributed by atoms with Gasteiger partial charge in [0.25, 0.3) is 0 Å². The molecule has 0 spiro atoms. The molecule has 5 nitrogen and oxygen atoms in total. The normalized spacial score (nSPS) is 10.6. The van der Waals surface area contributed by atoms with E-state index in [0.29, 0.717) is 18.0 Å². The zero-order chi connectivity index (χ0) is 12.3. The molecule has 0 aliphatic rings. The van der Waals surface area contributed by atoms with Gasteiger partial charge >= 0.3 is 5.97 Å².